The Labute approximate surface area is 130 Å². The highest BCUT2D eigenvalue weighted by Gasteiger charge is 2.33. The van der Waals surface area contributed by atoms with Crippen molar-refractivity contribution < 1.29 is 18.0 Å². The van der Waals surface area contributed by atoms with Gasteiger partial charge in [0, 0.05) is 15.5 Å². The van der Waals surface area contributed by atoms with Crippen LogP contribution in [0.2, 0.25) is 0 Å². The number of aromatic nitrogens is 1. The molecule has 0 bridgehead atoms. The lowest BCUT2D eigenvalue weighted by molar-refractivity contribution is -0.138. The van der Waals surface area contributed by atoms with Gasteiger partial charge < -0.3 is 11.1 Å². The molecule has 0 spiro atoms. The molecule has 0 fully saturated rings. The minimum absolute atomic E-state index is 0.00762. The van der Waals surface area contributed by atoms with Gasteiger partial charge in [-0.15, -0.1) is 11.3 Å². The van der Waals surface area contributed by atoms with Gasteiger partial charge in [-0.05, 0) is 18.2 Å². The maximum atomic E-state index is 12.8. The summed E-state index contributed by atoms with van der Waals surface area (Å²) in [5.74, 6) is -0.519. The number of nitrogens with two attached hydrogens (primary N) is 1. The smallest absolute Gasteiger partial charge is 0.369 e. The summed E-state index contributed by atoms with van der Waals surface area (Å²) in [4.78, 5) is 14.8. The Morgan fingerprint density at radius 2 is 2.14 bits per heavy atom. The van der Waals surface area contributed by atoms with Gasteiger partial charge in [0.15, 0.2) is 5.13 Å². The van der Waals surface area contributed by atoms with Gasteiger partial charge in [-0.1, -0.05) is 15.9 Å². The molecule has 0 aliphatic rings. The largest absolute Gasteiger partial charge is 0.417 e. The SMILES string of the molecule is NC(=O)Cc1csc(Nc2ccc(Br)c(C(F)(F)F)c2)n1. The van der Waals surface area contributed by atoms with Crippen LogP contribution in [0.25, 0.3) is 0 Å². The number of hydrogen-bond acceptors (Lipinski definition) is 4. The third-order valence-electron chi connectivity index (χ3n) is 2.43. The summed E-state index contributed by atoms with van der Waals surface area (Å²) >= 11 is 4.05. The Kier molecular flexibility index (Phi) is 4.52. The number of carbonyl (C=O) groups is 1. The van der Waals surface area contributed by atoms with E-state index in [1.807, 2.05) is 0 Å². The molecule has 0 radical (unpaired) electrons. The molecule has 1 aromatic heterocycles. The fourth-order valence-corrected chi connectivity index (χ4v) is 2.77. The molecule has 21 heavy (non-hydrogen) atoms. The van der Waals surface area contributed by atoms with Gasteiger partial charge >= 0.3 is 6.18 Å². The van der Waals surface area contributed by atoms with Crippen molar-refractivity contribution in [3.8, 4) is 0 Å². The number of carbonyl (C=O) groups excluding carboxylic acids is 1. The normalized spacial score (nSPS) is 11.4. The second kappa shape index (κ2) is 6.02. The van der Waals surface area contributed by atoms with Gasteiger partial charge in [-0.25, -0.2) is 4.98 Å². The van der Waals surface area contributed by atoms with Gasteiger partial charge in [0.25, 0.3) is 0 Å². The molecule has 1 amide bonds. The summed E-state index contributed by atoms with van der Waals surface area (Å²) in [5, 5.41) is 4.78. The number of alkyl halides is 3. The number of anilines is 2. The van der Waals surface area contributed by atoms with Gasteiger partial charge in [0.05, 0.1) is 17.7 Å². The lowest BCUT2D eigenvalue weighted by Gasteiger charge is -2.11. The summed E-state index contributed by atoms with van der Waals surface area (Å²) in [6, 6.07) is 3.79. The predicted octanol–water partition coefficient (Wildman–Crippen LogP) is 3.70. The molecule has 3 N–H and O–H groups in total. The topological polar surface area (TPSA) is 68.0 Å². The molecule has 2 aromatic rings. The molecule has 0 saturated heterocycles. The van der Waals surface area contributed by atoms with Crippen LogP contribution in [-0.2, 0) is 17.4 Å². The van der Waals surface area contributed by atoms with Crippen molar-refractivity contribution in [2.75, 3.05) is 5.32 Å². The monoisotopic (exact) mass is 379 g/mol. The minimum atomic E-state index is -4.45. The first kappa shape index (κ1) is 15.8. The van der Waals surface area contributed by atoms with E-state index in [1.54, 1.807) is 5.38 Å². The number of benzene rings is 1. The molecule has 0 saturated carbocycles. The van der Waals surface area contributed by atoms with Gasteiger partial charge in [0.2, 0.25) is 5.91 Å². The first-order chi connectivity index (χ1) is 9.75. The standard InChI is InChI=1S/C12H9BrF3N3OS/c13-9-2-1-6(3-8(9)12(14,15)16)18-11-19-7(5-21-11)4-10(17)20/h1-3,5H,4H2,(H2,17,20)(H,18,19). The van der Waals surface area contributed by atoms with Crippen molar-refractivity contribution in [3.05, 3.63) is 39.3 Å². The molecule has 4 nitrogen and oxygen atoms in total. The van der Waals surface area contributed by atoms with Crippen molar-refractivity contribution in [1.29, 1.82) is 0 Å². The lowest BCUT2D eigenvalue weighted by Crippen LogP contribution is -2.13. The lowest BCUT2D eigenvalue weighted by atomic mass is 10.2. The summed E-state index contributed by atoms with van der Waals surface area (Å²) in [5.41, 5.74) is 5.00. The quantitative estimate of drug-likeness (QED) is 0.850. The van der Waals surface area contributed by atoms with Crippen LogP contribution in [0.15, 0.2) is 28.1 Å². The van der Waals surface area contributed by atoms with Crippen molar-refractivity contribution in [3.63, 3.8) is 0 Å². The molecule has 0 unspecified atom stereocenters. The van der Waals surface area contributed by atoms with E-state index in [0.29, 0.717) is 10.8 Å². The van der Waals surface area contributed by atoms with Gasteiger partial charge in [0.1, 0.15) is 0 Å². The van der Waals surface area contributed by atoms with E-state index in [9.17, 15) is 18.0 Å². The molecule has 112 valence electrons. The highest BCUT2D eigenvalue weighted by atomic mass is 79.9. The van der Waals surface area contributed by atoms with E-state index >= 15 is 0 Å². The van der Waals surface area contributed by atoms with E-state index in [-0.39, 0.29) is 16.6 Å². The highest BCUT2D eigenvalue weighted by Crippen LogP contribution is 2.37. The molecule has 1 heterocycles. The molecule has 9 heteroatoms. The third kappa shape index (κ3) is 4.18. The van der Waals surface area contributed by atoms with Crippen LogP contribution in [0.3, 0.4) is 0 Å². The molecule has 0 aliphatic heterocycles. The summed E-state index contributed by atoms with van der Waals surface area (Å²) < 4.78 is 38.3. The molecular formula is C12H9BrF3N3OS. The van der Waals surface area contributed by atoms with Crippen molar-refractivity contribution in [2.45, 2.75) is 12.6 Å². The second-order valence-electron chi connectivity index (χ2n) is 4.10. The third-order valence-corrected chi connectivity index (χ3v) is 3.93. The molecule has 0 aliphatic carbocycles. The van der Waals surface area contributed by atoms with Crippen molar-refractivity contribution in [1.82, 2.24) is 4.98 Å². The van der Waals surface area contributed by atoms with E-state index in [1.165, 1.54) is 23.5 Å². The number of thiazole rings is 1. The maximum Gasteiger partial charge on any atom is 0.417 e. The van der Waals surface area contributed by atoms with Gasteiger partial charge in [-0.3, -0.25) is 4.79 Å². The number of nitrogens with one attached hydrogen (secondary N) is 1. The van der Waals surface area contributed by atoms with Crippen LogP contribution >= 0.6 is 27.3 Å². The zero-order valence-electron chi connectivity index (χ0n) is 10.4. The minimum Gasteiger partial charge on any atom is -0.369 e. The summed E-state index contributed by atoms with van der Waals surface area (Å²) in [7, 11) is 0. The number of primary amides is 1. The van der Waals surface area contributed by atoms with Crippen LogP contribution in [0.1, 0.15) is 11.3 Å². The molecule has 1 aromatic carbocycles. The van der Waals surface area contributed by atoms with Crippen molar-refractivity contribution in [2.24, 2.45) is 5.73 Å². The average Bonchev–Trinajstić information content (AvgIpc) is 2.76. The first-order valence-electron chi connectivity index (χ1n) is 5.62. The highest BCUT2D eigenvalue weighted by molar-refractivity contribution is 9.10. The van der Waals surface area contributed by atoms with Crippen LogP contribution < -0.4 is 11.1 Å². The molecule has 0 atom stereocenters. The van der Waals surface area contributed by atoms with E-state index < -0.39 is 17.6 Å². The van der Waals surface area contributed by atoms with E-state index in [0.717, 1.165) is 6.07 Å². The Bertz CT molecular complexity index is 672. The Balaban J connectivity index is 2.20. The van der Waals surface area contributed by atoms with E-state index in [4.69, 9.17) is 5.73 Å². The van der Waals surface area contributed by atoms with E-state index in [2.05, 4.69) is 26.2 Å². The zero-order valence-corrected chi connectivity index (χ0v) is 12.8. The fraction of sp³-hybridized carbons (Fsp3) is 0.167. The number of amides is 1. The van der Waals surface area contributed by atoms with Crippen LogP contribution in [0.5, 0.6) is 0 Å². The van der Waals surface area contributed by atoms with Crippen LogP contribution in [0, 0.1) is 0 Å². The molecular weight excluding hydrogens is 371 g/mol. The van der Waals surface area contributed by atoms with Crippen LogP contribution in [0.4, 0.5) is 24.0 Å². The summed E-state index contributed by atoms with van der Waals surface area (Å²) in [6.07, 6.45) is -4.46. The Morgan fingerprint density at radius 1 is 1.43 bits per heavy atom. The Morgan fingerprint density at radius 3 is 2.76 bits per heavy atom. The van der Waals surface area contributed by atoms with Gasteiger partial charge in [-0.2, -0.15) is 13.2 Å². The number of hydrogen-bond donors (Lipinski definition) is 2. The summed E-state index contributed by atoms with van der Waals surface area (Å²) in [6.45, 7) is 0. The second-order valence-corrected chi connectivity index (χ2v) is 5.82. The van der Waals surface area contributed by atoms with Crippen molar-refractivity contribution >= 4 is 44.0 Å². The number of nitrogens with zero attached hydrogens (tertiary/aromatic N) is 1. The fourth-order valence-electron chi connectivity index (χ4n) is 1.57. The number of rotatable bonds is 4. The van der Waals surface area contributed by atoms with Crippen LogP contribution in [-0.4, -0.2) is 10.9 Å². The predicted molar refractivity (Wildman–Crippen MR) is 77.4 cm³/mol. The zero-order chi connectivity index (χ0) is 15.6. The molecule has 2 rings (SSSR count). The first-order valence-corrected chi connectivity index (χ1v) is 7.29. The average molecular weight is 380 g/mol. The number of halogens is 4. The Hall–Kier alpha value is -1.61. The maximum absolute atomic E-state index is 12.8.